The van der Waals surface area contributed by atoms with E-state index in [4.69, 9.17) is 23.9 Å². The summed E-state index contributed by atoms with van der Waals surface area (Å²) in [6.07, 6.45) is 0.655. The number of ketones is 1. The van der Waals surface area contributed by atoms with Gasteiger partial charge in [0.15, 0.2) is 17.3 Å². The lowest BCUT2D eigenvalue weighted by Crippen LogP contribution is -2.39. The third-order valence-corrected chi connectivity index (χ3v) is 7.60. The molecule has 0 aromatic heterocycles. The van der Waals surface area contributed by atoms with Crippen LogP contribution in [0.3, 0.4) is 0 Å². The van der Waals surface area contributed by atoms with Gasteiger partial charge in [-0.05, 0) is 68.5 Å². The van der Waals surface area contributed by atoms with Crippen molar-refractivity contribution in [3.05, 3.63) is 63.3 Å². The number of carbonyl (C=O) groups is 2. The molecule has 2 aromatic rings. The summed E-state index contributed by atoms with van der Waals surface area (Å²) < 4.78 is 22.8. The van der Waals surface area contributed by atoms with Crippen LogP contribution in [0.4, 0.5) is 0 Å². The molecule has 0 radical (unpaired) electrons. The maximum Gasteiger partial charge on any atom is 0.315 e. The minimum atomic E-state index is -0.718. The van der Waals surface area contributed by atoms with Gasteiger partial charge in [0.25, 0.3) is 0 Å². The maximum absolute atomic E-state index is 13.8. The van der Waals surface area contributed by atoms with Gasteiger partial charge in [-0.3, -0.25) is 14.6 Å². The first kappa shape index (κ1) is 24.6. The second-order valence-electron chi connectivity index (χ2n) is 9.58. The zero-order valence-electron chi connectivity index (χ0n) is 20.7. The monoisotopic (exact) mass is 553 g/mol. The van der Waals surface area contributed by atoms with Crippen LogP contribution in [0.1, 0.15) is 56.6 Å². The fraction of sp³-hybridized carbons (Fsp3) is 0.393. The van der Waals surface area contributed by atoms with Gasteiger partial charge in [-0.2, -0.15) is 0 Å². The van der Waals surface area contributed by atoms with Crippen LogP contribution in [0.2, 0.25) is 0 Å². The van der Waals surface area contributed by atoms with Crippen LogP contribution < -0.4 is 14.2 Å². The molecule has 7 nitrogen and oxygen atoms in total. The van der Waals surface area contributed by atoms with Crippen molar-refractivity contribution in [3.63, 3.8) is 0 Å². The van der Waals surface area contributed by atoms with E-state index in [-0.39, 0.29) is 24.6 Å². The standard InChI is InChI=1S/C28H28BrNO6/c1-14(2)36-28(32)25-15(3)30-21-9-17(16-5-7-18(33-4)8-6-16)10-22(31)27(21)26(25)19-11-23-24(12-20(19)29)35-13-34-23/h5-8,11-12,14,17,25-26H,9-10,13H2,1-4H3/t17-,25?,26+/m1/s1. The highest BCUT2D eigenvalue weighted by molar-refractivity contribution is 9.10. The quantitative estimate of drug-likeness (QED) is 0.441. The van der Waals surface area contributed by atoms with Crippen molar-refractivity contribution in [2.45, 2.75) is 51.6 Å². The van der Waals surface area contributed by atoms with Gasteiger partial charge in [0.1, 0.15) is 11.7 Å². The van der Waals surface area contributed by atoms with Gasteiger partial charge in [-0.25, -0.2) is 0 Å². The van der Waals surface area contributed by atoms with E-state index >= 15 is 0 Å². The van der Waals surface area contributed by atoms with Crippen LogP contribution in [0.5, 0.6) is 17.2 Å². The molecule has 36 heavy (non-hydrogen) atoms. The SMILES string of the molecule is COc1ccc([C@H]2CC(=O)C3=C(C2)N=C(C)C(C(=O)OC(C)C)[C@@H]3c2cc3c(cc2Br)OCO3)cc1. The maximum atomic E-state index is 13.8. The Kier molecular flexibility index (Phi) is 6.64. The van der Waals surface area contributed by atoms with Gasteiger partial charge < -0.3 is 18.9 Å². The number of methoxy groups -OCH3 is 1. The van der Waals surface area contributed by atoms with Crippen LogP contribution in [0, 0.1) is 5.92 Å². The number of esters is 1. The number of fused-ring (bicyclic) bond motifs is 1. The highest BCUT2D eigenvalue weighted by Crippen LogP contribution is 2.50. The summed E-state index contributed by atoms with van der Waals surface area (Å²) in [5.41, 5.74) is 3.79. The van der Waals surface area contributed by atoms with Crippen molar-refractivity contribution >= 4 is 33.4 Å². The van der Waals surface area contributed by atoms with Crippen molar-refractivity contribution in [1.82, 2.24) is 0 Å². The molecule has 5 rings (SSSR count). The fourth-order valence-corrected chi connectivity index (χ4v) is 5.86. The van der Waals surface area contributed by atoms with Crippen LogP contribution in [-0.2, 0) is 14.3 Å². The van der Waals surface area contributed by atoms with E-state index < -0.39 is 17.8 Å². The number of hydrogen-bond donors (Lipinski definition) is 0. The first-order valence-corrected chi connectivity index (χ1v) is 12.8. The Morgan fingerprint density at radius 1 is 1.11 bits per heavy atom. The Hall–Kier alpha value is -3.13. The van der Waals surface area contributed by atoms with Gasteiger partial charge in [0, 0.05) is 33.8 Å². The lowest BCUT2D eigenvalue weighted by molar-refractivity contribution is -0.150. The second kappa shape index (κ2) is 9.73. The molecule has 0 N–H and O–H groups in total. The first-order chi connectivity index (χ1) is 17.3. The molecule has 0 bridgehead atoms. The number of nitrogens with zero attached hydrogens (tertiary/aromatic N) is 1. The van der Waals surface area contributed by atoms with Crippen molar-refractivity contribution in [2.75, 3.05) is 13.9 Å². The molecule has 3 atom stereocenters. The molecule has 2 aliphatic heterocycles. The number of aliphatic imine (C=N–C) groups is 1. The molecule has 0 saturated heterocycles. The molecule has 0 amide bonds. The Labute approximate surface area is 218 Å². The topological polar surface area (TPSA) is 83.4 Å². The van der Waals surface area contributed by atoms with Gasteiger partial charge >= 0.3 is 5.97 Å². The molecule has 0 fully saturated rings. The Morgan fingerprint density at radius 2 is 1.81 bits per heavy atom. The third kappa shape index (κ3) is 4.43. The minimum absolute atomic E-state index is 0.00119. The number of hydrogen-bond acceptors (Lipinski definition) is 7. The number of ether oxygens (including phenoxy) is 4. The van der Waals surface area contributed by atoms with E-state index in [0.29, 0.717) is 35.6 Å². The third-order valence-electron chi connectivity index (χ3n) is 6.91. The lowest BCUT2D eigenvalue weighted by Gasteiger charge is -2.37. The van der Waals surface area contributed by atoms with E-state index in [2.05, 4.69) is 15.9 Å². The summed E-state index contributed by atoms with van der Waals surface area (Å²) in [6.45, 7) is 5.60. The average molecular weight is 554 g/mol. The van der Waals surface area contributed by atoms with E-state index in [0.717, 1.165) is 27.0 Å². The summed E-state index contributed by atoms with van der Waals surface area (Å²) in [6, 6.07) is 11.5. The Bertz CT molecular complexity index is 1280. The molecule has 2 heterocycles. The number of allylic oxidation sites excluding steroid dienone is 2. The summed E-state index contributed by atoms with van der Waals surface area (Å²) in [7, 11) is 1.63. The first-order valence-electron chi connectivity index (χ1n) is 12.0. The number of carbonyl (C=O) groups excluding carboxylic acids is 2. The predicted octanol–water partition coefficient (Wildman–Crippen LogP) is 5.71. The van der Waals surface area contributed by atoms with Crippen LogP contribution in [-0.4, -0.2) is 37.5 Å². The van der Waals surface area contributed by atoms with Crippen molar-refractivity contribution in [2.24, 2.45) is 10.9 Å². The molecule has 3 aliphatic rings. The average Bonchev–Trinajstić information content (AvgIpc) is 3.29. The number of rotatable bonds is 5. The highest BCUT2D eigenvalue weighted by Gasteiger charge is 2.46. The summed E-state index contributed by atoms with van der Waals surface area (Å²) in [5, 5.41) is 0. The highest BCUT2D eigenvalue weighted by atomic mass is 79.9. The normalized spacial score (nSPS) is 22.9. The molecule has 1 aliphatic carbocycles. The Balaban J connectivity index is 1.60. The Morgan fingerprint density at radius 3 is 2.47 bits per heavy atom. The lowest BCUT2D eigenvalue weighted by atomic mass is 9.69. The molecule has 2 aromatic carbocycles. The molecule has 0 saturated carbocycles. The largest absolute Gasteiger partial charge is 0.497 e. The molecular formula is C28H28BrNO6. The molecule has 188 valence electrons. The van der Waals surface area contributed by atoms with Crippen molar-refractivity contribution in [1.29, 1.82) is 0 Å². The minimum Gasteiger partial charge on any atom is -0.497 e. The van der Waals surface area contributed by atoms with Crippen LogP contribution >= 0.6 is 15.9 Å². The number of halogens is 1. The molecule has 0 spiro atoms. The van der Waals surface area contributed by atoms with E-state index in [9.17, 15) is 9.59 Å². The van der Waals surface area contributed by atoms with Crippen molar-refractivity contribution in [3.8, 4) is 17.2 Å². The van der Waals surface area contributed by atoms with Gasteiger partial charge in [-0.15, -0.1) is 0 Å². The van der Waals surface area contributed by atoms with Crippen LogP contribution in [0.15, 0.2) is 57.1 Å². The molecular weight excluding hydrogens is 526 g/mol. The van der Waals surface area contributed by atoms with Gasteiger partial charge in [0.2, 0.25) is 6.79 Å². The summed E-state index contributed by atoms with van der Waals surface area (Å²) in [5.74, 6) is 0.317. The predicted molar refractivity (Wildman–Crippen MR) is 138 cm³/mol. The molecule has 1 unspecified atom stereocenters. The van der Waals surface area contributed by atoms with Gasteiger partial charge in [0.05, 0.1) is 13.2 Å². The fourth-order valence-electron chi connectivity index (χ4n) is 5.29. The van der Waals surface area contributed by atoms with E-state index in [1.807, 2.05) is 57.2 Å². The van der Waals surface area contributed by atoms with E-state index in [1.54, 1.807) is 7.11 Å². The summed E-state index contributed by atoms with van der Waals surface area (Å²) in [4.78, 5) is 32.0. The number of benzene rings is 2. The van der Waals surface area contributed by atoms with E-state index in [1.165, 1.54) is 0 Å². The zero-order chi connectivity index (χ0) is 25.6. The number of Topliss-reactive ketones (excluding diaryl/α,β-unsaturated/α-hetero) is 1. The second-order valence-corrected chi connectivity index (χ2v) is 10.4. The van der Waals surface area contributed by atoms with Crippen molar-refractivity contribution < 1.29 is 28.5 Å². The van der Waals surface area contributed by atoms with Crippen LogP contribution in [0.25, 0.3) is 0 Å². The van der Waals surface area contributed by atoms with Gasteiger partial charge in [-0.1, -0.05) is 28.1 Å². The summed E-state index contributed by atoms with van der Waals surface area (Å²) >= 11 is 3.66. The molecule has 8 heteroatoms. The smallest absolute Gasteiger partial charge is 0.315 e. The zero-order valence-corrected chi connectivity index (χ0v) is 22.3.